The van der Waals surface area contributed by atoms with Gasteiger partial charge in [0, 0.05) is 56.9 Å². The maximum atomic E-state index is 4.17. The van der Waals surface area contributed by atoms with Crippen LogP contribution in [0.3, 0.4) is 0 Å². The third-order valence-electron chi connectivity index (χ3n) is 3.68. The lowest BCUT2D eigenvalue weighted by Crippen LogP contribution is -2.18. The summed E-state index contributed by atoms with van der Waals surface area (Å²) in [7, 11) is 4.10. The molecule has 98 valence electrons. The van der Waals surface area contributed by atoms with E-state index in [-0.39, 0.29) is 0 Å². The van der Waals surface area contributed by atoms with Crippen LogP contribution in [-0.2, 0) is 27.1 Å². The van der Waals surface area contributed by atoms with E-state index in [2.05, 4.69) is 48.0 Å². The first-order valence-electron chi connectivity index (χ1n) is 6.39. The summed E-state index contributed by atoms with van der Waals surface area (Å²) in [5, 5.41) is 7.66. The van der Waals surface area contributed by atoms with Crippen LogP contribution in [0.25, 0.3) is 0 Å². The van der Waals surface area contributed by atoms with E-state index in [0.29, 0.717) is 0 Å². The largest absolute Gasteiger partial charge is 0.352 e. The molecule has 0 amide bonds. The van der Waals surface area contributed by atoms with Crippen molar-refractivity contribution in [2.45, 2.75) is 26.8 Å². The minimum Gasteiger partial charge on any atom is -0.352 e. The molecular weight excluding hydrogens is 224 g/mol. The molecule has 18 heavy (non-hydrogen) atoms. The van der Waals surface area contributed by atoms with Gasteiger partial charge in [-0.1, -0.05) is 0 Å². The Morgan fingerprint density at radius 1 is 1.28 bits per heavy atom. The maximum Gasteiger partial charge on any atom is 0.0492 e. The van der Waals surface area contributed by atoms with Gasteiger partial charge in [-0.25, -0.2) is 0 Å². The first kappa shape index (κ1) is 12.9. The van der Waals surface area contributed by atoms with Crippen LogP contribution in [-0.4, -0.2) is 20.9 Å². The van der Waals surface area contributed by atoms with Crippen molar-refractivity contribution >= 4 is 0 Å². The maximum absolute atomic E-state index is 4.17. The Kier molecular flexibility index (Phi) is 3.87. The van der Waals surface area contributed by atoms with E-state index in [4.69, 9.17) is 0 Å². The van der Waals surface area contributed by atoms with E-state index >= 15 is 0 Å². The summed E-state index contributed by atoms with van der Waals surface area (Å²) in [5.74, 6) is 0. The topological polar surface area (TPSA) is 34.8 Å². The van der Waals surface area contributed by atoms with Crippen LogP contribution in [0.1, 0.15) is 22.6 Å². The van der Waals surface area contributed by atoms with Gasteiger partial charge in [0.15, 0.2) is 0 Å². The zero-order valence-electron chi connectivity index (χ0n) is 11.7. The third-order valence-corrected chi connectivity index (χ3v) is 3.68. The molecule has 2 aromatic rings. The summed E-state index contributed by atoms with van der Waals surface area (Å²) in [6, 6.07) is 4.33. The van der Waals surface area contributed by atoms with Gasteiger partial charge in [-0.05, 0) is 31.5 Å². The smallest absolute Gasteiger partial charge is 0.0492 e. The van der Waals surface area contributed by atoms with Crippen LogP contribution in [0.4, 0.5) is 0 Å². The van der Waals surface area contributed by atoms with Crippen LogP contribution >= 0.6 is 0 Å². The van der Waals surface area contributed by atoms with E-state index in [1.807, 2.05) is 17.9 Å². The molecule has 0 saturated carbocycles. The fourth-order valence-corrected chi connectivity index (χ4v) is 2.20. The minimum atomic E-state index is 0.936. The highest BCUT2D eigenvalue weighted by Crippen LogP contribution is 2.12. The molecule has 0 bridgehead atoms. The Bertz CT molecular complexity index is 522. The lowest BCUT2D eigenvalue weighted by Gasteiger charge is -2.06. The van der Waals surface area contributed by atoms with Gasteiger partial charge in [0.1, 0.15) is 0 Å². The molecule has 2 heterocycles. The second-order valence-corrected chi connectivity index (χ2v) is 4.83. The van der Waals surface area contributed by atoms with E-state index in [1.54, 1.807) is 0 Å². The number of hydrogen-bond donors (Lipinski definition) is 1. The van der Waals surface area contributed by atoms with Crippen molar-refractivity contribution in [1.29, 1.82) is 0 Å². The third kappa shape index (κ3) is 2.64. The zero-order chi connectivity index (χ0) is 13.1. The van der Waals surface area contributed by atoms with Crippen molar-refractivity contribution in [1.82, 2.24) is 19.7 Å². The Hall–Kier alpha value is -1.55. The quantitative estimate of drug-likeness (QED) is 0.815. The van der Waals surface area contributed by atoms with Gasteiger partial charge in [0.05, 0.1) is 0 Å². The summed E-state index contributed by atoms with van der Waals surface area (Å²) < 4.78 is 4.16. The van der Waals surface area contributed by atoms with Crippen molar-refractivity contribution in [3.63, 3.8) is 0 Å². The molecular formula is C14H22N4. The van der Waals surface area contributed by atoms with Gasteiger partial charge in [0.2, 0.25) is 0 Å². The van der Waals surface area contributed by atoms with Crippen molar-refractivity contribution in [2.24, 2.45) is 14.1 Å². The Morgan fingerprint density at radius 3 is 2.61 bits per heavy atom. The second kappa shape index (κ2) is 5.40. The Morgan fingerprint density at radius 2 is 2.06 bits per heavy atom. The number of rotatable bonds is 5. The molecule has 2 aromatic heterocycles. The summed E-state index contributed by atoms with van der Waals surface area (Å²) in [6.07, 6.45) is 2.86. The van der Waals surface area contributed by atoms with Crippen molar-refractivity contribution < 1.29 is 0 Å². The molecule has 0 aliphatic rings. The molecule has 0 saturated heterocycles. The molecule has 4 nitrogen and oxygen atoms in total. The van der Waals surface area contributed by atoms with Crippen molar-refractivity contribution in [3.05, 3.63) is 41.0 Å². The number of aromatic nitrogens is 3. The highest BCUT2D eigenvalue weighted by molar-refractivity contribution is 5.26. The molecule has 0 spiro atoms. The average Bonchev–Trinajstić information content (AvgIpc) is 2.85. The van der Waals surface area contributed by atoms with Gasteiger partial charge >= 0.3 is 0 Å². The van der Waals surface area contributed by atoms with Crippen LogP contribution in [0.5, 0.6) is 0 Å². The fraction of sp³-hybridized carbons (Fsp3) is 0.500. The number of nitrogens with zero attached hydrogens (tertiary/aromatic N) is 3. The molecule has 0 atom stereocenters. The Balaban J connectivity index is 1.82. The monoisotopic (exact) mass is 246 g/mol. The summed E-state index contributed by atoms with van der Waals surface area (Å²) in [5.41, 5.74) is 5.32. The molecule has 1 N–H and O–H groups in total. The van der Waals surface area contributed by atoms with Gasteiger partial charge in [-0.2, -0.15) is 5.10 Å². The van der Waals surface area contributed by atoms with E-state index in [0.717, 1.165) is 19.5 Å². The minimum absolute atomic E-state index is 0.936. The molecule has 0 unspecified atom stereocenters. The first-order chi connectivity index (χ1) is 8.59. The first-order valence-corrected chi connectivity index (χ1v) is 6.39. The van der Waals surface area contributed by atoms with Gasteiger partial charge < -0.3 is 9.88 Å². The van der Waals surface area contributed by atoms with Crippen LogP contribution in [0, 0.1) is 13.8 Å². The highest BCUT2D eigenvalue weighted by Gasteiger charge is 2.05. The van der Waals surface area contributed by atoms with E-state index in [9.17, 15) is 0 Å². The SMILES string of the molecule is Cc1cc(CNCCc2ccnn2C)c(C)n1C. The summed E-state index contributed by atoms with van der Waals surface area (Å²) in [6.45, 7) is 6.23. The second-order valence-electron chi connectivity index (χ2n) is 4.83. The molecule has 0 aliphatic carbocycles. The van der Waals surface area contributed by atoms with Gasteiger partial charge in [0.25, 0.3) is 0 Å². The lowest BCUT2D eigenvalue weighted by atomic mass is 10.2. The molecule has 4 heteroatoms. The number of nitrogens with one attached hydrogen (secondary N) is 1. The molecule has 0 aliphatic heterocycles. The number of aryl methyl sites for hydroxylation is 2. The van der Waals surface area contributed by atoms with Crippen LogP contribution in [0.2, 0.25) is 0 Å². The standard InChI is InChI=1S/C14H22N4/c1-11-9-13(12(2)17(11)3)10-15-7-5-14-6-8-16-18(14)4/h6,8-9,15H,5,7,10H2,1-4H3. The predicted octanol–water partition coefficient (Wildman–Crippen LogP) is 1.71. The summed E-state index contributed by atoms with van der Waals surface area (Å²) in [4.78, 5) is 0. The predicted molar refractivity (Wildman–Crippen MR) is 73.5 cm³/mol. The number of hydrogen-bond acceptors (Lipinski definition) is 2. The molecule has 0 aromatic carbocycles. The van der Waals surface area contributed by atoms with E-state index in [1.165, 1.54) is 22.6 Å². The average molecular weight is 246 g/mol. The highest BCUT2D eigenvalue weighted by atomic mass is 15.3. The Labute approximate surface area is 109 Å². The molecule has 2 rings (SSSR count). The normalized spacial score (nSPS) is 11.1. The van der Waals surface area contributed by atoms with E-state index < -0.39 is 0 Å². The van der Waals surface area contributed by atoms with Crippen LogP contribution in [0.15, 0.2) is 18.3 Å². The zero-order valence-corrected chi connectivity index (χ0v) is 11.7. The van der Waals surface area contributed by atoms with Crippen LogP contribution < -0.4 is 5.32 Å². The van der Waals surface area contributed by atoms with Gasteiger partial charge in [-0.15, -0.1) is 0 Å². The van der Waals surface area contributed by atoms with Crippen molar-refractivity contribution in [2.75, 3.05) is 6.54 Å². The lowest BCUT2D eigenvalue weighted by molar-refractivity contribution is 0.641. The van der Waals surface area contributed by atoms with Gasteiger partial charge in [-0.3, -0.25) is 4.68 Å². The molecule has 0 fully saturated rings. The fourth-order valence-electron chi connectivity index (χ4n) is 2.20. The summed E-state index contributed by atoms with van der Waals surface area (Å²) >= 11 is 0. The van der Waals surface area contributed by atoms with Crippen molar-refractivity contribution in [3.8, 4) is 0 Å². The molecule has 0 radical (unpaired) electrons.